The van der Waals surface area contributed by atoms with Crippen LogP contribution in [0.15, 0.2) is 0 Å². The smallest absolute Gasteiger partial charge is 0.434 e. The van der Waals surface area contributed by atoms with Gasteiger partial charge in [0.2, 0.25) is 0 Å². The Balaban J connectivity index is 1.83. The molecule has 0 aromatic heterocycles. The Morgan fingerprint density at radius 1 is 1.17 bits per heavy atom. The van der Waals surface area contributed by atoms with Gasteiger partial charge in [0, 0.05) is 11.8 Å². The minimum absolute atomic E-state index is 0.0968. The predicted molar refractivity (Wildman–Crippen MR) is 88.4 cm³/mol. The van der Waals surface area contributed by atoms with Gasteiger partial charge >= 0.3 is 30.3 Å². The molecule has 3 aliphatic rings. The molecule has 13 heteroatoms. The van der Waals surface area contributed by atoms with E-state index in [0.717, 1.165) is 0 Å². The first-order chi connectivity index (χ1) is 13.3. The van der Waals surface area contributed by atoms with E-state index in [1.54, 1.807) is 6.92 Å². The van der Waals surface area contributed by atoms with Crippen molar-refractivity contribution in [3.8, 4) is 0 Å². The van der Waals surface area contributed by atoms with Gasteiger partial charge in [0.15, 0.2) is 0 Å². The summed E-state index contributed by atoms with van der Waals surface area (Å²) in [5.74, 6) is -7.79. The molecule has 2 aliphatic carbocycles. The van der Waals surface area contributed by atoms with Gasteiger partial charge in [-0.1, -0.05) is 29.5 Å². The predicted octanol–water partition coefficient (Wildman–Crippen LogP) is 2.96. The first-order valence-electron chi connectivity index (χ1n) is 8.66. The van der Waals surface area contributed by atoms with E-state index < -0.39 is 76.2 Å². The lowest BCUT2D eigenvalue weighted by Gasteiger charge is -2.32. The molecule has 7 unspecified atom stereocenters. The number of hydrogen-bond donors (Lipinski definition) is 0. The van der Waals surface area contributed by atoms with Gasteiger partial charge in [-0.25, -0.2) is 0 Å². The molecule has 3 fully saturated rings. The fourth-order valence-electron chi connectivity index (χ4n) is 4.36. The van der Waals surface area contributed by atoms with Crippen molar-refractivity contribution < 1.29 is 54.9 Å². The molecule has 2 saturated carbocycles. The van der Waals surface area contributed by atoms with Crippen LogP contribution in [0.2, 0.25) is 0 Å². The fraction of sp³-hybridized carbons (Fsp3) is 0.812. The molecule has 29 heavy (non-hydrogen) atoms. The average molecular weight is 544 g/mol. The minimum Gasteiger partial charge on any atom is -0.458 e. The highest BCUT2D eigenvalue weighted by Gasteiger charge is 2.71. The minimum atomic E-state index is -5.87. The van der Waals surface area contributed by atoms with Gasteiger partial charge in [-0.2, -0.15) is 26.3 Å². The van der Waals surface area contributed by atoms with Crippen LogP contribution in [-0.2, 0) is 28.6 Å². The Morgan fingerprint density at radius 3 is 2.28 bits per heavy atom. The number of alkyl halides is 7. The second-order valence-corrected chi connectivity index (χ2v) is 8.70. The van der Waals surface area contributed by atoms with Gasteiger partial charge in [-0.15, -0.1) is 0 Å². The van der Waals surface area contributed by atoms with E-state index in [0.29, 0.717) is 6.42 Å². The van der Waals surface area contributed by atoms with E-state index in [2.05, 4.69) is 4.74 Å². The summed E-state index contributed by atoms with van der Waals surface area (Å²) in [7, 11) is 0. The van der Waals surface area contributed by atoms with Crippen LogP contribution in [0.3, 0.4) is 0 Å². The molecule has 2 bridgehead atoms. The first-order valence-corrected chi connectivity index (χ1v) is 9.90. The highest BCUT2D eigenvalue weighted by Crippen LogP contribution is 2.59. The second kappa shape index (κ2) is 7.45. The number of halogens is 7. The molecule has 164 valence electrons. The first kappa shape index (κ1) is 22.4. The Hall–Kier alpha value is -1.28. The van der Waals surface area contributed by atoms with Gasteiger partial charge in [0.25, 0.3) is 6.10 Å². The van der Waals surface area contributed by atoms with E-state index in [4.69, 9.17) is 9.47 Å². The molecular formula is C16H15F6IO6. The van der Waals surface area contributed by atoms with Crippen LogP contribution in [0.4, 0.5) is 26.3 Å². The maximum atomic E-state index is 12.7. The maximum Gasteiger partial charge on any atom is 0.434 e. The third-order valence-electron chi connectivity index (χ3n) is 5.51. The van der Waals surface area contributed by atoms with Crippen molar-refractivity contribution in [1.82, 2.24) is 0 Å². The van der Waals surface area contributed by atoms with Crippen molar-refractivity contribution in [1.29, 1.82) is 0 Å². The van der Waals surface area contributed by atoms with Crippen LogP contribution < -0.4 is 0 Å². The summed E-state index contributed by atoms with van der Waals surface area (Å²) in [6.07, 6.45) is -17.5. The quantitative estimate of drug-likeness (QED) is 0.174. The average Bonchev–Trinajstić information content (AvgIpc) is 3.20. The Bertz CT molecular complexity index is 695. The Labute approximate surface area is 173 Å². The molecule has 3 rings (SSSR count). The number of esters is 3. The number of fused-ring (bicyclic) bond motifs is 1. The second-order valence-electron chi connectivity index (χ2n) is 7.19. The van der Waals surface area contributed by atoms with E-state index in [-0.39, 0.29) is 6.42 Å². The summed E-state index contributed by atoms with van der Waals surface area (Å²) < 4.78 is 90.1. The number of ether oxygens (including phenoxy) is 3. The zero-order valence-electron chi connectivity index (χ0n) is 14.6. The molecular weight excluding hydrogens is 529 g/mol. The summed E-state index contributed by atoms with van der Waals surface area (Å²) in [5.41, 5.74) is 0. The zero-order chi connectivity index (χ0) is 21.9. The number of rotatable bonds is 5. The van der Waals surface area contributed by atoms with Crippen LogP contribution >= 0.6 is 22.6 Å². The summed E-state index contributed by atoms with van der Waals surface area (Å²) >= 11 is 1.81. The molecule has 7 atom stereocenters. The van der Waals surface area contributed by atoms with E-state index in [9.17, 15) is 40.7 Å². The van der Waals surface area contributed by atoms with Crippen LogP contribution in [-0.4, -0.2) is 52.5 Å². The molecule has 0 spiro atoms. The van der Waals surface area contributed by atoms with Crippen molar-refractivity contribution in [2.24, 2.45) is 23.7 Å². The standard InChI is InChI=1S/C16H15F6IO6/c1-2-6(23)11(24)27-9-5-3-4-7(12(25)28-10(4)9)8(5)13(26)29-14(15(17,18)19)16(20,21)22/h4-10,14H,2-3H2,1H3. The molecule has 0 aromatic rings. The third kappa shape index (κ3) is 3.90. The van der Waals surface area contributed by atoms with Gasteiger partial charge in [0.1, 0.15) is 16.1 Å². The van der Waals surface area contributed by atoms with Crippen LogP contribution in [0.25, 0.3) is 0 Å². The maximum absolute atomic E-state index is 12.7. The van der Waals surface area contributed by atoms with Gasteiger partial charge < -0.3 is 14.2 Å². The molecule has 0 aromatic carbocycles. The van der Waals surface area contributed by atoms with Gasteiger partial charge in [-0.3, -0.25) is 14.4 Å². The van der Waals surface area contributed by atoms with Gasteiger partial charge in [0.05, 0.1) is 11.8 Å². The van der Waals surface area contributed by atoms with Crippen LogP contribution in [0.1, 0.15) is 19.8 Å². The lowest BCUT2D eigenvalue weighted by atomic mass is 9.78. The lowest BCUT2D eigenvalue weighted by Crippen LogP contribution is -2.49. The molecule has 0 amide bonds. The Morgan fingerprint density at radius 2 is 1.76 bits per heavy atom. The van der Waals surface area contributed by atoms with Crippen molar-refractivity contribution >= 4 is 40.5 Å². The molecule has 1 heterocycles. The summed E-state index contributed by atoms with van der Waals surface area (Å²) in [4.78, 5) is 36.5. The van der Waals surface area contributed by atoms with Crippen molar-refractivity contribution in [2.75, 3.05) is 0 Å². The van der Waals surface area contributed by atoms with E-state index in [1.165, 1.54) is 0 Å². The van der Waals surface area contributed by atoms with E-state index in [1.807, 2.05) is 22.6 Å². The van der Waals surface area contributed by atoms with Crippen LogP contribution in [0, 0.1) is 23.7 Å². The summed E-state index contributed by atoms with van der Waals surface area (Å²) in [6, 6.07) is 0. The normalized spacial score (nSPS) is 34.3. The number of carbonyl (C=O) groups excluding carboxylic acids is 3. The van der Waals surface area contributed by atoms with Crippen LogP contribution in [0.5, 0.6) is 0 Å². The van der Waals surface area contributed by atoms with E-state index >= 15 is 0 Å². The van der Waals surface area contributed by atoms with Gasteiger partial charge in [-0.05, 0) is 12.8 Å². The largest absolute Gasteiger partial charge is 0.458 e. The molecule has 1 aliphatic heterocycles. The highest BCUT2D eigenvalue weighted by molar-refractivity contribution is 14.1. The molecule has 6 nitrogen and oxygen atoms in total. The Kier molecular flexibility index (Phi) is 5.75. The van der Waals surface area contributed by atoms with Crippen molar-refractivity contribution in [3.05, 3.63) is 0 Å². The fourth-order valence-corrected chi connectivity index (χ4v) is 4.50. The molecule has 0 N–H and O–H groups in total. The molecule has 1 saturated heterocycles. The number of hydrogen-bond acceptors (Lipinski definition) is 6. The molecule has 0 radical (unpaired) electrons. The summed E-state index contributed by atoms with van der Waals surface area (Å²) in [5, 5.41) is 0. The topological polar surface area (TPSA) is 78.9 Å². The highest BCUT2D eigenvalue weighted by atomic mass is 127. The van der Waals surface area contributed by atoms with Crippen molar-refractivity contribution in [2.45, 2.75) is 54.4 Å². The SMILES string of the molecule is CCC(I)C(=O)OC1C2CC3C1OC(=O)C3C2C(=O)OC(C(F)(F)F)C(F)(F)F. The summed E-state index contributed by atoms with van der Waals surface area (Å²) in [6.45, 7) is 1.71. The zero-order valence-corrected chi connectivity index (χ0v) is 16.8. The lowest BCUT2D eigenvalue weighted by molar-refractivity contribution is -0.315. The monoisotopic (exact) mass is 544 g/mol. The third-order valence-corrected chi connectivity index (χ3v) is 6.90. The van der Waals surface area contributed by atoms with Crippen molar-refractivity contribution in [3.63, 3.8) is 0 Å². The number of carbonyl (C=O) groups is 3.